The zero-order valence-electron chi connectivity index (χ0n) is 22.9. The van der Waals surface area contributed by atoms with Gasteiger partial charge >= 0.3 is 11.9 Å². The van der Waals surface area contributed by atoms with Gasteiger partial charge in [-0.1, -0.05) is 5.16 Å². The van der Waals surface area contributed by atoms with Gasteiger partial charge in [-0.05, 0) is 43.0 Å². The first-order valence-corrected chi connectivity index (χ1v) is 15.0. The van der Waals surface area contributed by atoms with Crippen LogP contribution >= 0.6 is 23.1 Å². The molecule has 15 nitrogen and oxygen atoms in total. The number of amides is 2. The van der Waals surface area contributed by atoms with Crippen LogP contribution in [0.2, 0.25) is 0 Å². The number of benzene rings is 1. The van der Waals surface area contributed by atoms with Crippen molar-refractivity contribution in [1.82, 2.24) is 15.2 Å². The van der Waals surface area contributed by atoms with Crippen molar-refractivity contribution in [1.29, 1.82) is 0 Å². The minimum atomic E-state index is -0.882. The van der Waals surface area contributed by atoms with Gasteiger partial charge in [-0.25, -0.2) is 9.78 Å². The number of nitro benzene ring substituents is 1. The van der Waals surface area contributed by atoms with Gasteiger partial charge in [-0.15, -0.1) is 23.1 Å². The summed E-state index contributed by atoms with van der Waals surface area (Å²) in [5.74, 6) is -1.74. The molecule has 0 aliphatic carbocycles. The molecule has 1 fully saturated rings. The molecule has 17 heteroatoms. The molecule has 43 heavy (non-hydrogen) atoms. The zero-order valence-corrected chi connectivity index (χ0v) is 24.6. The van der Waals surface area contributed by atoms with E-state index in [1.54, 1.807) is 11.5 Å². The molecule has 1 aromatic heterocycles. The van der Waals surface area contributed by atoms with Crippen molar-refractivity contribution in [3.8, 4) is 0 Å². The van der Waals surface area contributed by atoms with E-state index in [4.69, 9.17) is 20.0 Å². The second-order valence-corrected chi connectivity index (χ2v) is 11.2. The maximum atomic E-state index is 12.9. The summed E-state index contributed by atoms with van der Waals surface area (Å²) in [6.07, 6.45) is 3.40. The number of rotatable bonds is 14. The van der Waals surface area contributed by atoms with E-state index in [0.717, 1.165) is 11.3 Å². The molecule has 0 spiro atoms. The molecule has 0 radical (unpaired) electrons. The highest BCUT2D eigenvalue weighted by Crippen LogP contribution is 2.38. The SMILES string of the molecule is CO/N=C(/C(=O)NC1C(=O)N2C(C(=O)OCCCCCC(=O)OCc3ccc([N+](=O)[O-])cc3)=CCSC12)c1csc(N)n1. The second-order valence-electron chi connectivity index (χ2n) is 9.20. The van der Waals surface area contributed by atoms with E-state index in [1.807, 2.05) is 0 Å². The smallest absolute Gasteiger partial charge is 0.354 e. The third kappa shape index (κ3) is 7.86. The van der Waals surface area contributed by atoms with Crippen LogP contribution in [0.3, 0.4) is 0 Å². The average molecular weight is 633 g/mol. The maximum Gasteiger partial charge on any atom is 0.354 e. The van der Waals surface area contributed by atoms with Gasteiger partial charge in [0.25, 0.3) is 17.5 Å². The molecule has 3 heterocycles. The molecule has 1 saturated heterocycles. The van der Waals surface area contributed by atoms with Crippen molar-refractivity contribution >= 4 is 63.4 Å². The number of thioether (sulfide) groups is 1. The Labute approximate surface area is 253 Å². The summed E-state index contributed by atoms with van der Waals surface area (Å²) in [5.41, 5.74) is 6.45. The molecule has 2 aliphatic rings. The van der Waals surface area contributed by atoms with Crippen LogP contribution < -0.4 is 11.1 Å². The quantitative estimate of drug-likeness (QED) is 0.0767. The summed E-state index contributed by atoms with van der Waals surface area (Å²) in [5, 5.41) is 18.3. The van der Waals surface area contributed by atoms with E-state index < -0.39 is 40.1 Å². The number of β-lactam (4-membered cyclic amide) rings is 1. The van der Waals surface area contributed by atoms with Crippen molar-refractivity contribution in [2.75, 3.05) is 25.2 Å². The molecule has 3 N–H and O–H groups in total. The fourth-order valence-corrected chi connectivity index (χ4v) is 5.91. The van der Waals surface area contributed by atoms with Crippen molar-refractivity contribution in [2.24, 2.45) is 5.16 Å². The lowest BCUT2D eigenvalue weighted by atomic mass is 10.0. The number of hydrogen-bond donors (Lipinski definition) is 2. The number of nitro groups is 1. The van der Waals surface area contributed by atoms with Gasteiger partial charge in [0.1, 0.15) is 36.5 Å². The lowest BCUT2D eigenvalue weighted by Crippen LogP contribution is -2.70. The number of nitrogens with two attached hydrogens (primary N) is 1. The monoisotopic (exact) mass is 632 g/mol. The van der Waals surface area contributed by atoms with Gasteiger partial charge in [-0.2, -0.15) is 0 Å². The summed E-state index contributed by atoms with van der Waals surface area (Å²) in [7, 11) is 1.28. The summed E-state index contributed by atoms with van der Waals surface area (Å²) in [4.78, 5) is 70.7. The van der Waals surface area contributed by atoms with Crippen LogP contribution in [0.25, 0.3) is 0 Å². The van der Waals surface area contributed by atoms with E-state index in [-0.39, 0.29) is 47.6 Å². The van der Waals surface area contributed by atoms with Crippen molar-refractivity contribution < 1.29 is 38.4 Å². The third-order valence-corrected chi connectivity index (χ3v) is 8.17. The molecular formula is C26H28N6O9S2. The van der Waals surface area contributed by atoms with Crippen molar-refractivity contribution in [3.63, 3.8) is 0 Å². The van der Waals surface area contributed by atoms with Gasteiger partial charge in [0.05, 0.1) is 11.5 Å². The lowest BCUT2D eigenvalue weighted by Gasteiger charge is -2.48. The number of nitrogens with one attached hydrogen (secondary N) is 1. The molecular weight excluding hydrogens is 604 g/mol. The Balaban J connectivity index is 1.16. The molecule has 2 unspecified atom stereocenters. The fourth-order valence-electron chi connectivity index (χ4n) is 4.17. The minimum Gasteiger partial charge on any atom is -0.461 e. The number of aromatic nitrogens is 1. The highest BCUT2D eigenvalue weighted by Gasteiger charge is 2.53. The number of fused-ring (bicyclic) bond motifs is 1. The lowest BCUT2D eigenvalue weighted by molar-refractivity contribution is -0.384. The number of carbonyl (C=O) groups is 4. The summed E-state index contributed by atoms with van der Waals surface area (Å²) < 4.78 is 10.5. The highest BCUT2D eigenvalue weighted by molar-refractivity contribution is 8.00. The highest BCUT2D eigenvalue weighted by atomic mass is 32.2. The van der Waals surface area contributed by atoms with Gasteiger partial charge in [-0.3, -0.25) is 29.4 Å². The topological polar surface area (TPSA) is 206 Å². The van der Waals surface area contributed by atoms with Gasteiger partial charge in [0.15, 0.2) is 10.8 Å². The molecule has 2 amide bonds. The van der Waals surface area contributed by atoms with Crippen molar-refractivity contribution in [3.05, 3.63) is 62.8 Å². The summed E-state index contributed by atoms with van der Waals surface area (Å²) in [6, 6.07) is 4.86. The number of hydrogen-bond acceptors (Lipinski definition) is 14. The van der Waals surface area contributed by atoms with Crippen LogP contribution in [0, 0.1) is 10.1 Å². The molecule has 2 aliphatic heterocycles. The van der Waals surface area contributed by atoms with Gasteiger partial charge in [0, 0.05) is 29.7 Å². The van der Waals surface area contributed by atoms with Crippen molar-refractivity contribution in [2.45, 2.75) is 43.7 Å². The number of oxime groups is 1. The van der Waals surface area contributed by atoms with E-state index in [1.165, 1.54) is 48.0 Å². The molecule has 4 rings (SSSR count). The molecule has 1 aromatic carbocycles. The molecule has 2 atom stereocenters. The number of esters is 2. The van der Waals surface area contributed by atoms with Gasteiger partial charge < -0.3 is 25.4 Å². The molecule has 0 bridgehead atoms. The Morgan fingerprint density at radius 3 is 2.65 bits per heavy atom. The number of carbonyl (C=O) groups excluding carboxylic acids is 4. The fraction of sp³-hybridized carbons (Fsp3) is 0.385. The normalized spacial score (nSPS) is 17.7. The molecule has 0 saturated carbocycles. The van der Waals surface area contributed by atoms with E-state index in [9.17, 15) is 29.3 Å². The van der Waals surface area contributed by atoms with Crippen LogP contribution in [0.4, 0.5) is 10.8 Å². The summed E-state index contributed by atoms with van der Waals surface area (Å²) in [6.45, 7) is 0.118. The van der Waals surface area contributed by atoms with E-state index >= 15 is 0 Å². The van der Waals surface area contributed by atoms with Crippen LogP contribution in [-0.4, -0.2) is 75.2 Å². The first-order valence-electron chi connectivity index (χ1n) is 13.0. The first kappa shape index (κ1) is 31.4. The number of nitrogens with zero attached hydrogens (tertiary/aromatic N) is 4. The largest absolute Gasteiger partial charge is 0.461 e. The minimum absolute atomic E-state index is 0.0193. The van der Waals surface area contributed by atoms with E-state index in [0.29, 0.717) is 30.6 Å². The number of nitrogen functional groups attached to an aromatic ring is 1. The number of unbranched alkanes of at least 4 members (excludes halogenated alkanes) is 2. The Bertz CT molecular complexity index is 1440. The maximum absolute atomic E-state index is 12.9. The Kier molecular flexibility index (Phi) is 10.7. The Morgan fingerprint density at radius 2 is 1.98 bits per heavy atom. The first-order chi connectivity index (χ1) is 20.7. The molecule has 2 aromatic rings. The van der Waals surface area contributed by atoms with Crippen LogP contribution in [-0.2, 0) is 40.1 Å². The number of non-ortho nitro benzene ring substituents is 1. The zero-order chi connectivity index (χ0) is 30.9. The van der Waals surface area contributed by atoms with Gasteiger partial charge in [0.2, 0.25) is 0 Å². The Hall–Kier alpha value is -4.51. The average Bonchev–Trinajstić information content (AvgIpc) is 3.44. The number of thiazole rings is 1. The van der Waals surface area contributed by atoms with E-state index in [2.05, 4.69) is 15.5 Å². The Morgan fingerprint density at radius 1 is 1.21 bits per heavy atom. The third-order valence-electron chi connectivity index (χ3n) is 6.31. The molecule has 228 valence electrons. The standard InChI is InChI=1S/C26H28N6O9S2/c1-39-30-20(17-14-43-26(27)28-17)22(34)29-21-23(35)31-18(10-12-42-24(21)31)25(36)40-11-4-2-3-5-19(33)41-13-15-6-8-16(9-7-15)32(37)38/h6-10,14,21,24H,2-5,11-13H2,1H3,(H2,27,28)(H,29,34)/b30-20+. The van der Waals surface area contributed by atoms with Crippen LogP contribution in [0.1, 0.15) is 36.9 Å². The predicted molar refractivity (Wildman–Crippen MR) is 155 cm³/mol. The van der Waals surface area contributed by atoms with Crippen LogP contribution in [0.15, 0.2) is 46.6 Å². The second kappa shape index (κ2) is 14.6. The predicted octanol–water partition coefficient (Wildman–Crippen LogP) is 2.11. The summed E-state index contributed by atoms with van der Waals surface area (Å²) >= 11 is 2.51. The number of ether oxygens (including phenoxy) is 2. The number of anilines is 1. The van der Waals surface area contributed by atoms with Crippen LogP contribution in [0.5, 0.6) is 0 Å².